The predicted molar refractivity (Wildman–Crippen MR) is 85.7 cm³/mol. The molecule has 2 rings (SSSR count). The van der Waals surface area contributed by atoms with Gasteiger partial charge in [0.2, 0.25) is 5.91 Å². The highest BCUT2D eigenvalue weighted by atomic mass is 19.4. The van der Waals surface area contributed by atoms with Gasteiger partial charge in [0.1, 0.15) is 0 Å². The van der Waals surface area contributed by atoms with Crippen LogP contribution in [0.25, 0.3) is 0 Å². The Morgan fingerprint density at radius 3 is 2.44 bits per heavy atom. The van der Waals surface area contributed by atoms with Crippen LogP contribution in [0.15, 0.2) is 24.3 Å². The average molecular weight is 357 g/mol. The summed E-state index contributed by atoms with van der Waals surface area (Å²) in [6, 6.07) is 4.47. The normalized spacial score (nSPS) is 21.8. The molecule has 0 spiro atoms. The highest BCUT2D eigenvalue weighted by molar-refractivity contribution is 5.81. The molecule has 1 saturated carbocycles. The Balaban J connectivity index is 2.17. The highest BCUT2D eigenvalue weighted by Crippen LogP contribution is 2.35. The maximum atomic E-state index is 12.9. The summed E-state index contributed by atoms with van der Waals surface area (Å²) in [5, 5.41) is 9.07. The Kier molecular flexibility index (Phi) is 5.75. The zero-order valence-corrected chi connectivity index (χ0v) is 14.2. The van der Waals surface area contributed by atoms with Gasteiger partial charge in [-0.1, -0.05) is 12.1 Å². The smallest absolute Gasteiger partial charge is 0.416 e. The zero-order chi connectivity index (χ0) is 18.8. The fraction of sp³-hybridized carbons (Fsp3) is 0.556. The molecule has 0 aromatic heterocycles. The minimum Gasteiger partial charge on any atom is -0.481 e. The molecular formula is C18H22F3NO3. The van der Waals surface area contributed by atoms with Gasteiger partial charge in [0.15, 0.2) is 0 Å². The standard InChI is InChI=1S/C18H22F3NO3/c1-3-22(16(23)13-7-8-14(9-13)17(24)25)11(2)12-5-4-6-15(10-12)18(19,20)21/h4-6,10-11,13-14H,3,7-9H2,1-2H3,(H,24,25)/t11?,13-,14+/m1/s1. The summed E-state index contributed by atoms with van der Waals surface area (Å²) in [6.07, 6.45) is -3.18. The largest absolute Gasteiger partial charge is 0.481 e. The third-order valence-corrected chi connectivity index (χ3v) is 4.92. The van der Waals surface area contributed by atoms with Crippen molar-refractivity contribution in [3.05, 3.63) is 35.4 Å². The van der Waals surface area contributed by atoms with E-state index in [1.807, 2.05) is 0 Å². The number of halogens is 3. The van der Waals surface area contributed by atoms with Crippen molar-refractivity contribution in [1.29, 1.82) is 0 Å². The lowest BCUT2D eigenvalue weighted by molar-refractivity contribution is -0.142. The lowest BCUT2D eigenvalue weighted by atomic mass is 9.99. The number of carbonyl (C=O) groups excluding carboxylic acids is 1. The summed E-state index contributed by atoms with van der Waals surface area (Å²) in [5.74, 6) is -1.98. The first-order valence-electron chi connectivity index (χ1n) is 8.35. The Labute approximate surface area is 144 Å². The van der Waals surface area contributed by atoms with Crippen LogP contribution >= 0.6 is 0 Å². The van der Waals surface area contributed by atoms with Crippen LogP contribution in [-0.2, 0) is 15.8 Å². The van der Waals surface area contributed by atoms with E-state index in [0.29, 0.717) is 31.4 Å². The van der Waals surface area contributed by atoms with Crippen molar-refractivity contribution in [1.82, 2.24) is 4.90 Å². The van der Waals surface area contributed by atoms with E-state index in [1.54, 1.807) is 19.9 Å². The van der Waals surface area contributed by atoms with E-state index in [1.165, 1.54) is 11.0 Å². The lowest BCUT2D eigenvalue weighted by Crippen LogP contribution is -2.37. The second-order valence-corrected chi connectivity index (χ2v) is 6.47. The molecular weight excluding hydrogens is 335 g/mol. The predicted octanol–water partition coefficient (Wildman–Crippen LogP) is 4.12. The molecule has 1 unspecified atom stereocenters. The van der Waals surface area contributed by atoms with Gasteiger partial charge in [-0.3, -0.25) is 9.59 Å². The summed E-state index contributed by atoms with van der Waals surface area (Å²) >= 11 is 0. The molecule has 7 heteroatoms. The number of amides is 1. The quantitative estimate of drug-likeness (QED) is 0.863. The number of rotatable bonds is 5. The number of carbonyl (C=O) groups is 2. The van der Waals surface area contributed by atoms with E-state index in [-0.39, 0.29) is 11.8 Å². The first kappa shape index (κ1) is 19.3. The van der Waals surface area contributed by atoms with Crippen LogP contribution in [0.1, 0.15) is 50.3 Å². The van der Waals surface area contributed by atoms with Crippen molar-refractivity contribution in [2.45, 2.75) is 45.3 Å². The number of alkyl halides is 3. The number of aliphatic carboxylic acids is 1. The van der Waals surface area contributed by atoms with Crippen molar-refractivity contribution in [3.8, 4) is 0 Å². The zero-order valence-electron chi connectivity index (χ0n) is 14.2. The highest BCUT2D eigenvalue weighted by Gasteiger charge is 2.37. The van der Waals surface area contributed by atoms with Gasteiger partial charge in [-0.2, -0.15) is 13.2 Å². The number of hydrogen-bond acceptors (Lipinski definition) is 2. The molecule has 1 aromatic rings. The molecule has 0 radical (unpaired) electrons. The van der Waals surface area contributed by atoms with Gasteiger partial charge < -0.3 is 10.0 Å². The Bertz CT molecular complexity index is 645. The fourth-order valence-electron chi connectivity index (χ4n) is 3.44. The monoisotopic (exact) mass is 357 g/mol. The molecule has 0 aliphatic heterocycles. The van der Waals surface area contributed by atoms with Crippen LogP contribution in [0.2, 0.25) is 0 Å². The van der Waals surface area contributed by atoms with Crippen LogP contribution in [0.4, 0.5) is 13.2 Å². The second-order valence-electron chi connectivity index (χ2n) is 6.47. The maximum Gasteiger partial charge on any atom is 0.416 e. The van der Waals surface area contributed by atoms with Crippen molar-refractivity contribution in [2.75, 3.05) is 6.54 Å². The molecule has 1 N–H and O–H groups in total. The first-order valence-corrected chi connectivity index (χ1v) is 8.35. The minimum absolute atomic E-state index is 0.184. The van der Waals surface area contributed by atoms with Gasteiger partial charge in [0, 0.05) is 12.5 Å². The molecule has 1 aliphatic carbocycles. The first-order chi connectivity index (χ1) is 11.6. The molecule has 0 bridgehead atoms. The van der Waals surface area contributed by atoms with Gasteiger partial charge >= 0.3 is 12.1 Å². The molecule has 3 atom stereocenters. The van der Waals surface area contributed by atoms with E-state index in [0.717, 1.165) is 12.1 Å². The summed E-state index contributed by atoms with van der Waals surface area (Å²) in [6.45, 7) is 3.82. The van der Waals surface area contributed by atoms with Gasteiger partial charge in [0.25, 0.3) is 0 Å². The number of carboxylic acid groups (broad SMARTS) is 1. The Morgan fingerprint density at radius 1 is 1.28 bits per heavy atom. The minimum atomic E-state index is -4.43. The van der Waals surface area contributed by atoms with Crippen molar-refractivity contribution in [2.24, 2.45) is 11.8 Å². The molecule has 1 fully saturated rings. The van der Waals surface area contributed by atoms with E-state index in [9.17, 15) is 22.8 Å². The molecule has 138 valence electrons. The van der Waals surface area contributed by atoms with Crippen LogP contribution in [0, 0.1) is 11.8 Å². The Hall–Kier alpha value is -2.05. The van der Waals surface area contributed by atoms with Gasteiger partial charge in [-0.05, 0) is 50.8 Å². The molecule has 0 heterocycles. The summed E-state index contributed by atoms with van der Waals surface area (Å²) < 4.78 is 38.7. The van der Waals surface area contributed by atoms with Crippen LogP contribution < -0.4 is 0 Å². The summed E-state index contributed by atoms with van der Waals surface area (Å²) in [4.78, 5) is 25.3. The third-order valence-electron chi connectivity index (χ3n) is 4.92. The van der Waals surface area contributed by atoms with Crippen molar-refractivity contribution >= 4 is 11.9 Å². The maximum absolute atomic E-state index is 12.9. The van der Waals surface area contributed by atoms with Crippen molar-refractivity contribution in [3.63, 3.8) is 0 Å². The Morgan fingerprint density at radius 2 is 1.92 bits per heavy atom. The molecule has 1 aliphatic rings. The number of nitrogens with zero attached hydrogens (tertiary/aromatic N) is 1. The molecule has 25 heavy (non-hydrogen) atoms. The van der Waals surface area contributed by atoms with E-state index < -0.39 is 29.7 Å². The van der Waals surface area contributed by atoms with Crippen LogP contribution in [0.3, 0.4) is 0 Å². The lowest BCUT2D eigenvalue weighted by Gasteiger charge is -2.31. The summed E-state index contributed by atoms with van der Waals surface area (Å²) in [5.41, 5.74) is -0.329. The number of benzene rings is 1. The molecule has 1 aromatic carbocycles. The van der Waals surface area contributed by atoms with E-state index in [4.69, 9.17) is 5.11 Å². The topological polar surface area (TPSA) is 57.6 Å². The second kappa shape index (κ2) is 7.45. The van der Waals surface area contributed by atoms with Gasteiger partial charge in [-0.15, -0.1) is 0 Å². The molecule has 1 amide bonds. The summed E-state index contributed by atoms with van der Waals surface area (Å²) in [7, 11) is 0. The van der Waals surface area contributed by atoms with Crippen molar-refractivity contribution < 1.29 is 27.9 Å². The third kappa shape index (κ3) is 4.32. The average Bonchev–Trinajstić information content (AvgIpc) is 3.05. The van der Waals surface area contributed by atoms with E-state index in [2.05, 4.69) is 0 Å². The number of carboxylic acids is 1. The fourth-order valence-corrected chi connectivity index (χ4v) is 3.44. The van der Waals surface area contributed by atoms with E-state index >= 15 is 0 Å². The molecule has 4 nitrogen and oxygen atoms in total. The SMILES string of the molecule is CCN(C(=O)[C@@H]1CC[C@H](C(=O)O)C1)C(C)c1cccc(C(F)(F)F)c1. The number of hydrogen-bond donors (Lipinski definition) is 1. The van der Waals surface area contributed by atoms with Crippen LogP contribution in [0.5, 0.6) is 0 Å². The van der Waals surface area contributed by atoms with Gasteiger partial charge in [-0.25, -0.2) is 0 Å². The molecule has 0 saturated heterocycles. The van der Waals surface area contributed by atoms with Gasteiger partial charge in [0.05, 0.1) is 17.5 Å². The van der Waals surface area contributed by atoms with Crippen LogP contribution in [-0.4, -0.2) is 28.4 Å².